The average molecular weight is 475 g/mol. The molecule has 1 saturated heterocycles. The van der Waals surface area contributed by atoms with E-state index in [2.05, 4.69) is 10.4 Å². The Morgan fingerprint density at radius 1 is 1.22 bits per heavy atom. The van der Waals surface area contributed by atoms with E-state index in [0.717, 1.165) is 12.1 Å². The smallest absolute Gasteiger partial charge is 0.379 e. The molecule has 0 bridgehead atoms. The normalized spacial score (nSPS) is 15.7. The van der Waals surface area contributed by atoms with Crippen LogP contribution in [0.5, 0.6) is 0 Å². The number of nitrogens with one attached hydrogen (secondary N) is 1. The van der Waals surface area contributed by atoms with Gasteiger partial charge >= 0.3 is 6.18 Å². The highest BCUT2D eigenvalue weighted by Gasteiger charge is 2.31. The number of aromatic nitrogens is 2. The number of amides is 1. The molecule has 2 heterocycles. The lowest BCUT2D eigenvalue weighted by Crippen LogP contribution is -2.43. The molecule has 1 aliphatic rings. The van der Waals surface area contributed by atoms with E-state index in [4.69, 9.17) is 4.74 Å². The molecule has 0 spiro atoms. The van der Waals surface area contributed by atoms with Crippen molar-refractivity contribution in [3.05, 3.63) is 46.8 Å². The molecule has 0 saturated carbocycles. The number of aryl methyl sites for hydroxylation is 1. The van der Waals surface area contributed by atoms with E-state index in [1.54, 1.807) is 13.8 Å². The van der Waals surface area contributed by atoms with E-state index in [0.29, 0.717) is 43.3 Å². The van der Waals surface area contributed by atoms with Gasteiger partial charge in [0.15, 0.2) is 0 Å². The van der Waals surface area contributed by atoms with Crippen LogP contribution in [-0.4, -0.2) is 67.0 Å². The van der Waals surface area contributed by atoms with Crippen LogP contribution in [0.3, 0.4) is 0 Å². The van der Waals surface area contributed by atoms with Gasteiger partial charge < -0.3 is 10.1 Å². The first-order chi connectivity index (χ1) is 15.0. The molecule has 0 aliphatic carbocycles. The molecule has 1 N–H and O–H groups in total. The van der Waals surface area contributed by atoms with Gasteiger partial charge in [-0.3, -0.25) is 4.79 Å². The SMILES string of the molecule is Cc1nn(-c2cccc(C(F)(F)F)c2)c(C)c1CC(=O)NCCS(=O)(=O)N1CCOCC1. The number of rotatable bonds is 7. The highest BCUT2D eigenvalue weighted by Crippen LogP contribution is 2.30. The zero-order valence-corrected chi connectivity index (χ0v) is 18.6. The Balaban J connectivity index is 1.64. The van der Waals surface area contributed by atoms with E-state index in [-0.39, 0.29) is 24.4 Å². The molecule has 0 radical (unpaired) electrons. The molecule has 0 atom stereocenters. The van der Waals surface area contributed by atoms with Gasteiger partial charge in [0.1, 0.15) is 0 Å². The lowest BCUT2D eigenvalue weighted by atomic mass is 10.1. The summed E-state index contributed by atoms with van der Waals surface area (Å²) in [5, 5.41) is 6.89. The Morgan fingerprint density at radius 3 is 2.56 bits per heavy atom. The van der Waals surface area contributed by atoms with E-state index < -0.39 is 27.7 Å². The third-order valence-electron chi connectivity index (χ3n) is 5.24. The molecule has 1 amide bonds. The number of ether oxygens (including phenoxy) is 1. The maximum atomic E-state index is 13.0. The number of carbonyl (C=O) groups excluding carboxylic acids is 1. The maximum absolute atomic E-state index is 13.0. The molecular weight excluding hydrogens is 449 g/mol. The Hall–Kier alpha value is -2.44. The Bertz CT molecular complexity index is 1080. The summed E-state index contributed by atoms with van der Waals surface area (Å²) in [6.45, 7) is 4.58. The minimum Gasteiger partial charge on any atom is -0.379 e. The van der Waals surface area contributed by atoms with Gasteiger partial charge in [-0.15, -0.1) is 0 Å². The zero-order valence-electron chi connectivity index (χ0n) is 17.8. The number of nitrogens with zero attached hydrogens (tertiary/aromatic N) is 3. The van der Waals surface area contributed by atoms with Crippen molar-refractivity contribution in [2.75, 3.05) is 38.6 Å². The van der Waals surface area contributed by atoms with Gasteiger partial charge in [-0.2, -0.15) is 22.6 Å². The molecule has 12 heteroatoms. The second kappa shape index (κ2) is 9.59. The van der Waals surface area contributed by atoms with Crippen LogP contribution in [0.4, 0.5) is 13.2 Å². The van der Waals surface area contributed by atoms with Gasteiger partial charge in [0, 0.05) is 30.9 Å². The summed E-state index contributed by atoms with van der Waals surface area (Å²) in [5.74, 6) is -0.614. The summed E-state index contributed by atoms with van der Waals surface area (Å²) in [6.07, 6.45) is -4.54. The van der Waals surface area contributed by atoms with Crippen LogP contribution in [0, 0.1) is 13.8 Å². The molecule has 1 aliphatic heterocycles. The van der Waals surface area contributed by atoms with Gasteiger partial charge in [0.25, 0.3) is 0 Å². The first kappa shape index (κ1) is 24.2. The van der Waals surface area contributed by atoms with Crippen molar-refractivity contribution in [2.45, 2.75) is 26.4 Å². The molecule has 2 aromatic rings. The van der Waals surface area contributed by atoms with Crippen LogP contribution in [0.1, 0.15) is 22.5 Å². The van der Waals surface area contributed by atoms with Crippen LogP contribution < -0.4 is 5.32 Å². The fourth-order valence-corrected chi connectivity index (χ4v) is 4.82. The number of hydrogen-bond acceptors (Lipinski definition) is 5. The van der Waals surface area contributed by atoms with Gasteiger partial charge in [-0.1, -0.05) is 6.07 Å². The predicted molar refractivity (Wildman–Crippen MR) is 111 cm³/mol. The average Bonchev–Trinajstić information content (AvgIpc) is 3.02. The Kier molecular flexibility index (Phi) is 7.25. The summed E-state index contributed by atoms with van der Waals surface area (Å²) < 4.78 is 71.6. The highest BCUT2D eigenvalue weighted by molar-refractivity contribution is 7.89. The number of alkyl halides is 3. The summed E-state index contributed by atoms with van der Waals surface area (Å²) >= 11 is 0. The second-order valence-electron chi connectivity index (χ2n) is 7.46. The largest absolute Gasteiger partial charge is 0.416 e. The summed E-state index contributed by atoms with van der Waals surface area (Å²) in [7, 11) is -3.49. The van der Waals surface area contributed by atoms with Crippen LogP contribution in [0.15, 0.2) is 24.3 Å². The monoisotopic (exact) mass is 474 g/mol. The molecule has 0 unspecified atom stereocenters. The lowest BCUT2D eigenvalue weighted by molar-refractivity contribution is -0.137. The quantitative estimate of drug-likeness (QED) is 0.661. The Morgan fingerprint density at radius 2 is 1.91 bits per heavy atom. The first-order valence-corrected chi connectivity index (χ1v) is 11.6. The standard InChI is InChI=1S/C20H25F3N4O4S/c1-14-18(13-19(28)24-6-11-32(29,30)26-7-9-31-10-8-26)15(2)27(25-14)17-5-3-4-16(12-17)20(21,22)23/h3-5,12H,6-11,13H2,1-2H3,(H,24,28). The number of sulfonamides is 1. The summed E-state index contributed by atoms with van der Waals surface area (Å²) in [6, 6.07) is 4.79. The molecular formula is C20H25F3N4O4S. The van der Waals surface area contributed by atoms with Crippen molar-refractivity contribution in [2.24, 2.45) is 0 Å². The molecule has 8 nitrogen and oxygen atoms in total. The molecule has 1 aromatic heterocycles. The summed E-state index contributed by atoms with van der Waals surface area (Å²) in [5.41, 5.74) is 1.08. The number of morpholine rings is 1. The maximum Gasteiger partial charge on any atom is 0.416 e. The van der Waals surface area contributed by atoms with Crippen molar-refractivity contribution in [1.82, 2.24) is 19.4 Å². The summed E-state index contributed by atoms with van der Waals surface area (Å²) in [4.78, 5) is 12.4. The van der Waals surface area contributed by atoms with Crippen molar-refractivity contribution in [3.63, 3.8) is 0 Å². The molecule has 176 valence electrons. The van der Waals surface area contributed by atoms with E-state index >= 15 is 0 Å². The number of halogens is 3. The Labute approximate surface area is 184 Å². The number of carbonyl (C=O) groups is 1. The third-order valence-corrected chi connectivity index (χ3v) is 7.11. The zero-order chi connectivity index (χ0) is 23.5. The minimum atomic E-state index is -4.48. The lowest BCUT2D eigenvalue weighted by Gasteiger charge is -2.26. The van der Waals surface area contributed by atoms with Crippen molar-refractivity contribution >= 4 is 15.9 Å². The third kappa shape index (κ3) is 5.67. The van der Waals surface area contributed by atoms with Crippen LogP contribution in [0.2, 0.25) is 0 Å². The van der Waals surface area contributed by atoms with Gasteiger partial charge in [0.2, 0.25) is 15.9 Å². The van der Waals surface area contributed by atoms with Gasteiger partial charge in [0.05, 0.1) is 42.3 Å². The van der Waals surface area contributed by atoms with Crippen LogP contribution in [-0.2, 0) is 32.2 Å². The molecule has 1 fully saturated rings. The van der Waals surface area contributed by atoms with E-state index in [1.165, 1.54) is 21.1 Å². The van der Waals surface area contributed by atoms with Gasteiger partial charge in [-0.05, 0) is 32.0 Å². The number of benzene rings is 1. The highest BCUT2D eigenvalue weighted by atomic mass is 32.2. The van der Waals surface area contributed by atoms with Crippen molar-refractivity contribution < 1.29 is 31.1 Å². The minimum absolute atomic E-state index is 0.0433. The van der Waals surface area contributed by atoms with E-state index in [9.17, 15) is 26.4 Å². The second-order valence-corrected chi connectivity index (χ2v) is 9.55. The fraction of sp³-hybridized carbons (Fsp3) is 0.500. The van der Waals surface area contributed by atoms with Crippen molar-refractivity contribution in [3.8, 4) is 5.69 Å². The van der Waals surface area contributed by atoms with Crippen LogP contribution >= 0.6 is 0 Å². The fourth-order valence-electron chi connectivity index (χ4n) is 3.49. The topological polar surface area (TPSA) is 93.5 Å². The molecule has 32 heavy (non-hydrogen) atoms. The molecule has 3 rings (SSSR count). The van der Waals surface area contributed by atoms with E-state index in [1.807, 2.05) is 0 Å². The molecule has 1 aromatic carbocycles. The van der Waals surface area contributed by atoms with Gasteiger partial charge in [-0.25, -0.2) is 13.1 Å². The van der Waals surface area contributed by atoms with Crippen molar-refractivity contribution in [1.29, 1.82) is 0 Å². The number of hydrogen-bond donors (Lipinski definition) is 1. The predicted octanol–water partition coefficient (Wildman–Crippen LogP) is 1.83. The van der Waals surface area contributed by atoms with Crippen LogP contribution in [0.25, 0.3) is 5.69 Å². The first-order valence-electron chi connectivity index (χ1n) is 10.0.